The Morgan fingerprint density at radius 1 is 1.13 bits per heavy atom. The van der Waals surface area contributed by atoms with E-state index in [-0.39, 0.29) is 11.7 Å². The van der Waals surface area contributed by atoms with Gasteiger partial charge in [-0.25, -0.2) is 0 Å². The van der Waals surface area contributed by atoms with E-state index < -0.39 is 0 Å². The van der Waals surface area contributed by atoms with E-state index in [9.17, 15) is 4.79 Å². The minimum Gasteiger partial charge on any atom is -0.496 e. The van der Waals surface area contributed by atoms with Crippen LogP contribution in [0.5, 0.6) is 5.75 Å². The lowest BCUT2D eigenvalue weighted by Crippen LogP contribution is -2.27. The Labute approximate surface area is 181 Å². The first-order valence-electron chi connectivity index (χ1n) is 10.1. The highest BCUT2D eigenvalue weighted by atomic mass is 32.2. The number of unbranched alkanes of at least 4 members (excludes halogenated alkanes) is 1. The third-order valence-corrected chi connectivity index (χ3v) is 5.60. The minimum atomic E-state index is -0.0561. The Morgan fingerprint density at radius 2 is 1.93 bits per heavy atom. The number of benzene rings is 2. The molecule has 2 aromatic carbocycles. The molecule has 158 valence electrons. The van der Waals surface area contributed by atoms with E-state index in [1.165, 1.54) is 30.2 Å². The number of tetrazole rings is 1. The number of carbonyl (C=O) groups excluding carboxylic acids is 1. The van der Waals surface area contributed by atoms with Gasteiger partial charge in [0.05, 0.1) is 18.6 Å². The molecule has 0 radical (unpaired) electrons. The fraction of sp³-hybridized carbons (Fsp3) is 0.364. The normalized spacial score (nSPS) is 10.7. The molecule has 0 atom stereocenters. The summed E-state index contributed by atoms with van der Waals surface area (Å²) in [6.45, 7) is 2.73. The highest BCUT2D eigenvalue weighted by Gasteiger charge is 2.12. The zero-order valence-electron chi connectivity index (χ0n) is 17.4. The van der Waals surface area contributed by atoms with Crippen LogP contribution in [-0.4, -0.2) is 45.5 Å². The third kappa shape index (κ3) is 6.06. The number of carbonyl (C=O) groups is 1. The highest BCUT2D eigenvalue weighted by molar-refractivity contribution is 7.99. The molecule has 3 rings (SSSR count). The molecule has 0 bridgehead atoms. The van der Waals surface area contributed by atoms with Crippen LogP contribution in [0.3, 0.4) is 0 Å². The van der Waals surface area contributed by atoms with Gasteiger partial charge in [0.15, 0.2) is 0 Å². The number of nitrogens with zero attached hydrogens (tertiary/aromatic N) is 4. The van der Waals surface area contributed by atoms with E-state index in [0.29, 0.717) is 18.1 Å². The second-order valence-electron chi connectivity index (χ2n) is 6.84. The van der Waals surface area contributed by atoms with Gasteiger partial charge in [0, 0.05) is 6.54 Å². The standard InChI is InChI=1S/C22H27N5O2S/c1-3-4-7-17-10-12-19(13-11-17)27-22(24-25-26-27)30-16-21(28)23-15-14-18-8-5-6-9-20(18)29-2/h5-6,8-13H,3-4,7,14-16H2,1-2H3,(H,23,28). The molecule has 0 fully saturated rings. The van der Waals surface area contributed by atoms with Crippen molar-refractivity contribution in [2.24, 2.45) is 0 Å². The quantitative estimate of drug-likeness (QED) is 0.474. The number of hydrogen-bond donors (Lipinski definition) is 1. The zero-order valence-corrected chi connectivity index (χ0v) is 18.2. The molecule has 1 aromatic heterocycles. The molecule has 30 heavy (non-hydrogen) atoms. The third-order valence-electron chi connectivity index (χ3n) is 4.68. The topological polar surface area (TPSA) is 81.9 Å². The van der Waals surface area contributed by atoms with Gasteiger partial charge in [0.1, 0.15) is 5.75 Å². The van der Waals surface area contributed by atoms with Crippen LogP contribution in [0.1, 0.15) is 30.9 Å². The van der Waals surface area contributed by atoms with Crippen molar-refractivity contribution in [3.8, 4) is 11.4 Å². The molecular formula is C22H27N5O2S. The first kappa shape index (κ1) is 21.8. The second-order valence-corrected chi connectivity index (χ2v) is 7.79. The van der Waals surface area contributed by atoms with Crippen LogP contribution in [0.2, 0.25) is 0 Å². The maximum atomic E-state index is 12.2. The maximum absolute atomic E-state index is 12.2. The number of rotatable bonds is 11. The van der Waals surface area contributed by atoms with Gasteiger partial charge in [0.2, 0.25) is 11.1 Å². The number of hydrogen-bond acceptors (Lipinski definition) is 6. The van der Waals surface area contributed by atoms with Gasteiger partial charge >= 0.3 is 0 Å². The van der Waals surface area contributed by atoms with Crippen LogP contribution in [-0.2, 0) is 17.6 Å². The van der Waals surface area contributed by atoms with Crippen LogP contribution in [0.4, 0.5) is 0 Å². The van der Waals surface area contributed by atoms with Crippen molar-refractivity contribution in [1.29, 1.82) is 0 Å². The Morgan fingerprint density at radius 3 is 2.70 bits per heavy atom. The summed E-state index contributed by atoms with van der Waals surface area (Å²) in [6.07, 6.45) is 4.14. The number of thioether (sulfide) groups is 1. The van der Waals surface area contributed by atoms with Gasteiger partial charge in [-0.15, -0.1) is 5.10 Å². The summed E-state index contributed by atoms with van der Waals surface area (Å²) >= 11 is 1.32. The summed E-state index contributed by atoms with van der Waals surface area (Å²) in [4.78, 5) is 12.2. The molecule has 8 heteroatoms. The van der Waals surface area contributed by atoms with Crippen molar-refractivity contribution in [2.75, 3.05) is 19.4 Å². The Bertz CT molecular complexity index is 943. The van der Waals surface area contributed by atoms with Gasteiger partial charge in [-0.2, -0.15) is 4.68 Å². The average Bonchev–Trinajstić information content (AvgIpc) is 3.25. The predicted octanol–water partition coefficient (Wildman–Crippen LogP) is 3.46. The molecule has 0 spiro atoms. The van der Waals surface area contributed by atoms with E-state index in [1.54, 1.807) is 11.8 Å². The molecule has 0 saturated heterocycles. The van der Waals surface area contributed by atoms with E-state index >= 15 is 0 Å². The first-order chi connectivity index (χ1) is 14.7. The van der Waals surface area contributed by atoms with Crippen molar-refractivity contribution >= 4 is 17.7 Å². The molecule has 7 nitrogen and oxygen atoms in total. The number of amides is 1. The van der Waals surface area contributed by atoms with E-state index in [1.807, 2.05) is 36.4 Å². The Balaban J connectivity index is 1.49. The molecule has 0 aliphatic rings. The van der Waals surface area contributed by atoms with E-state index in [2.05, 4.69) is 39.9 Å². The highest BCUT2D eigenvalue weighted by Crippen LogP contribution is 2.19. The van der Waals surface area contributed by atoms with Crippen LogP contribution in [0.25, 0.3) is 5.69 Å². The van der Waals surface area contributed by atoms with Crippen LogP contribution >= 0.6 is 11.8 Å². The summed E-state index contributed by atoms with van der Waals surface area (Å²) in [5.41, 5.74) is 3.26. The number of aryl methyl sites for hydroxylation is 1. The molecule has 1 amide bonds. The van der Waals surface area contributed by atoms with Gasteiger partial charge in [-0.1, -0.05) is 55.4 Å². The Kier molecular flexibility index (Phi) is 8.26. The van der Waals surface area contributed by atoms with Gasteiger partial charge < -0.3 is 10.1 Å². The predicted molar refractivity (Wildman–Crippen MR) is 118 cm³/mol. The molecular weight excluding hydrogens is 398 g/mol. The molecule has 1 N–H and O–H groups in total. The molecule has 0 aliphatic carbocycles. The van der Waals surface area contributed by atoms with Crippen LogP contribution in [0, 0.1) is 0 Å². The second kappa shape index (κ2) is 11.3. The molecule has 3 aromatic rings. The van der Waals surface area contributed by atoms with Crippen molar-refractivity contribution in [1.82, 2.24) is 25.5 Å². The van der Waals surface area contributed by atoms with Crippen molar-refractivity contribution in [3.05, 3.63) is 59.7 Å². The lowest BCUT2D eigenvalue weighted by atomic mass is 10.1. The van der Waals surface area contributed by atoms with Crippen LogP contribution in [0.15, 0.2) is 53.7 Å². The minimum absolute atomic E-state index is 0.0561. The molecule has 1 heterocycles. The van der Waals surface area contributed by atoms with Gasteiger partial charge in [0.25, 0.3) is 0 Å². The summed E-state index contributed by atoms with van der Waals surface area (Å²) in [5, 5.41) is 15.4. The van der Waals surface area contributed by atoms with Gasteiger partial charge in [-0.3, -0.25) is 4.79 Å². The fourth-order valence-corrected chi connectivity index (χ4v) is 3.76. The number of para-hydroxylation sites is 1. The number of ether oxygens (including phenoxy) is 1. The number of nitrogens with one attached hydrogen (secondary N) is 1. The van der Waals surface area contributed by atoms with Crippen molar-refractivity contribution in [3.63, 3.8) is 0 Å². The first-order valence-corrected chi connectivity index (χ1v) is 11.1. The molecule has 0 saturated carbocycles. The van der Waals surface area contributed by atoms with Gasteiger partial charge in [-0.05, 0) is 59.0 Å². The summed E-state index contributed by atoms with van der Waals surface area (Å²) in [6, 6.07) is 16.0. The number of aromatic nitrogens is 4. The summed E-state index contributed by atoms with van der Waals surface area (Å²) in [7, 11) is 1.65. The maximum Gasteiger partial charge on any atom is 0.230 e. The summed E-state index contributed by atoms with van der Waals surface area (Å²) in [5.74, 6) is 1.03. The average molecular weight is 426 g/mol. The number of methoxy groups -OCH3 is 1. The SMILES string of the molecule is CCCCc1ccc(-n2nnnc2SCC(=O)NCCc2ccccc2OC)cc1. The Hall–Kier alpha value is -2.87. The van der Waals surface area contributed by atoms with E-state index in [0.717, 1.165) is 23.4 Å². The molecule has 0 aliphatic heterocycles. The monoisotopic (exact) mass is 425 g/mol. The fourth-order valence-electron chi connectivity index (χ4n) is 3.04. The zero-order chi connectivity index (χ0) is 21.2. The van der Waals surface area contributed by atoms with Crippen molar-refractivity contribution in [2.45, 2.75) is 37.8 Å². The smallest absolute Gasteiger partial charge is 0.230 e. The lowest BCUT2D eigenvalue weighted by molar-refractivity contribution is -0.118. The van der Waals surface area contributed by atoms with Crippen molar-refractivity contribution < 1.29 is 9.53 Å². The lowest BCUT2D eigenvalue weighted by Gasteiger charge is -2.09. The largest absolute Gasteiger partial charge is 0.496 e. The molecule has 0 unspecified atom stereocenters. The van der Waals surface area contributed by atoms with E-state index in [4.69, 9.17) is 4.74 Å². The van der Waals surface area contributed by atoms with Crippen LogP contribution < -0.4 is 10.1 Å². The summed E-state index contributed by atoms with van der Waals surface area (Å²) < 4.78 is 7.00.